The van der Waals surface area contributed by atoms with Crippen molar-refractivity contribution in [2.24, 2.45) is 0 Å². The lowest BCUT2D eigenvalue weighted by Gasteiger charge is -2.03. The van der Waals surface area contributed by atoms with Crippen LogP contribution in [0.1, 0.15) is 11.1 Å². The molecule has 0 fully saturated rings. The van der Waals surface area contributed by atoms with Crippen LogP contribution in [-0.2, 0) is 6.42 Å². The first kappa shape index (κ1) is 9.82. The van der Waals surface area contributed by atoms with Crippen LogP contribution in [0.15, 0.2) is 12.1 Å². The summed E-state index contributed by atoms with van der Waals surface area (Å²) in [5, 5.41) is 9.18. The molecule has 0 atom stereocenters. The van der Waals surface area contributed by atoms with Crippen molar-refractivity contribution in [2.45, 2.75) is 13.3 Å². The van der Waals surface area contributed by atoms with Gasteiger partial charge in [-0.3, -0.25) is 0 Å². The van der Waals surface area contributed by atoms with E-state index in [0.29, 0.717) is 11.4 Å². The molecule has 0 saturated carbocycles. The summed E-state index contributed by atoms with van der Waals surface area (Å²) < 4.78 is 1.14. The molecular weight excluding hydrogens is 284 g/mol. The van der Waals surface area contributed by atoms with Crippen molar-refractivity contribution in [3.63, 3.8) is 0 Å². The lowest BCUT2D eigenvalue weighted by atomic mass is 10.1. The molecule has 0 aliphatic rings. The number of hydrogen-bond donors (Lipinski definition) is 0. The Labute approximate surface area is 90.5 Å². The quantitative estimate of drug-likeness (QED) is 0.728. The van der Waals surface area contributed by atoms with Gasteiger partial charge in [-0.05, 0) is 46.7 Å². The molecule has 1 nitrogen and oxygen atoms in total. The molecule has 0 aliphatic carbocycles. The van der Waals surface area contributed by atoms with Gasteiger partial charge in [0, 0.05) is 8.59 Å². The first-order valence-electron chi connectivity index (χ1n) is 3.46. The molecule has 1 rings (SSSR count). The minimum absolute atomic E-state index is 0.386. The van der Waals surface area contributed by atoms with Crippen LogP contribution in [-0.4, -0.2) is 0 Å². The van der Waals surface area contributed by atoms with Crippen molar-refractivity contribution in [1.82, 2.24) is 0 Å². The minimum Gasteiger partial charge on any atom is -0.198 e. The summed E-state index contributed by atoms with van der Waals surface area (Å²) in [5.41, 5.74) is 2.09. The van der Waals surface area contributed by atoms with Crippen molar-refractivity contribution in [1.29, 1.82) is 5.26 Å². The van der Waals surface area contributed by atoms with E-state index in [9.17, 15) is 0 Å². The Bertz CT molecular complexity index is 341. The van der Waals surface area contributed by atoms with Gasteiger partial charge in [-0.1, -0.05) is 17.7 Å². The average molecular weight is 292 g/mol. The first-order chi connectivity index (χ1) is 5.65. The molecule has 0 aromatic heterocycles. The minimum atomic E-state index is 0.386. The van der Waals surface area contributed by atoms with Gasteiger partial charge in [0.05, 0.1) is 12.5 Å². The average Bonchev–Trinajstić information content (AvgIpc) is 2.01. The number of halogens is 2. The molecule has 0 heterocycles. The highest BCUT2D eigenvalue weighted by molar-refractivity contribution is 14.1. The fourth-order valence-electron chi connectivity index (χ4n) is 0.938. The number of rotatable bonds is 1. The SMILES string of the molecule is Cc1cc(CC#N)c(Cl)cc1I. The molecule has 1 aromatic rings. The maximum atomic E-state index is 8.49. The Morgan fingerprint density at radius 2 is 2.25 bits per heavy atom. The third-order valence-electron chi connectivity index (χ3n) is 1.60. The second kappa shape index (κ2) is 4.11. The maximum absolute atomic E-state index is 8.49. The zero-order valence-electron chi connectivity index (χ0n) is 6.56. The summed E-state index contributed by atoms with van der Waals surface area (Å²) in [6, 6.07) is 5.94. The van der Waals surface area contributed by atoms with Gasteiger partial charge in [-0.15, -0.1) is 0 Å². The third-order valence-corrected chi connectivity index (χ3v) is 3.11. The topological polar surface area (TPSA) is 23.8 Å². The van der Waals surface area contributed by atoms with Crippen molar-refractivity contribution < 1.29 is 0 Å². The van der Waals surface area contributed by atoms with Crippen molar-refractivity contribution >= 4 is 34.2 Å². The van der Waals surface area contributed by atoms with E-state index in [4.69, 9.17) is 16.9 Å². The van der Waals surface area contributed by atoms with Gasteiger partial charge in [-0.25, -0.2) is 0 Å². The highest BCUT2D eigenvalue weighted by Crippen LogP contribution is 2.22. The summed E-state index contributed by atoms with van der Waals surface area (Å²) in [6.45, 7) is 2.01. The van der Waals surface area contributed by atoms with Crippen LogP contribution in [0.5, 0.6) is 0 Å². The van der Waals surface area contributed by atoms with Gasteiger partial charge >= 0.3 is 0 Å². The third kappa shape index (κ3) is 2.11. The number of benzene rings is 1. The Morgan fingerprint density at radius 3 is 2.83 bits per heavy atom. The zero-order chi connectivity index (χ0) is 9.14. The van der Waals surface area contributed by atoms with E-state index < -0.39 is 0 Å². The molecule has 0 bridgehead atoms. The van der Waals surface area contributed by atoms with Crippen LogP contribution in [0.4, 0.5) is 0 Å². The summed E-state index contributed by atoms with van der Waals surface area (Å²) in [5.74, 6) is 0. The molecule has 0 saturated heterocycles. The molecule has 1 aromatic carbocycles. The predicted octanol–water partition coefficient (Wildman–Crippen LogP) is 3.32. The molecule has 0 aliphatic heterocycles. The molecule has 0 amide bonds. The summed E-state index contributed by atoms with van der Waals surface area (Å²) >= 11 is 8.15. The Balaban J connectivity index is 3.16. The Morgan fingerprint density at radius 1 is 1.58 bits per heavy atom. The number of nitriles is 1. The number of nitrogens with zero attached hydrogens (tertiary/aromatic N) is 1. The standard InChI is InChI=1S/C9H7ClIN/c1-6-4-7(2-3-12)8(10)5-9(6)11/h4-5H,2H2,1H3. The molecule has 0 unspecified atom stereocenters. The largest absolute Gasteiger partial charge is 0.198 e. The molecule has 0 N–H and O–H groups in total. The summed E-state index contributed by atoms with van der Waals surface area (Å²) in [6.07, 6.45) is 0.386. The van der Waals surface area contributed by atoms with Crippen molar-refractivity contribution in [3.05, 3.63) is 31.9 Å². The predicted molar refractivity (Wildman–Crippen MR) is 58.2 cm³/mol. The Kier molecular flexibility index (Phi) is 3.36. The first-order valence-corrected chi connectivity index (χ1v) is 4.92. The van der Waals surface area contributed by atoms with E-state index in [0.717, 1.165) is 9.13 Å². The summed E-state index contributed by atoms with van der Waals surface area (Å²) in [7, 11) is 0. The Hall–Kier alpha value is -0.270. The van der Waals surface area contributed by atoms with Gasteiger partial charge < -0.3 is 0 Å². The molecular formula is C9H7ClIN. The van der Waals surface area contributed by atoms with E-state index in [2.05, 4.69) is 28.7 Å². The van der Waals surface area contributed by atoms with E-state index in [-0.39, 0.29) is 0 Å². The number of aryl methyl sites for hydroxylation is 1. The van der Waals surface area contributed by atoms with Crippen LogP contribution in [0.2, 0.25) is 5.02 Å². The smallest absolute Gasteiger partial charge is 0.0670 e. The lowest BCUT2D eigenvalue weighted by Crippen LogP contribution is -1.88. The molecule has 0 spiro atoms. The monoisotopic (exact) mass is 291 g/mol. The van der Waals surface area contributed by atoms with Crippen LogP contribution >= 0.6 is 34.2 Å². The lowest BCUT2D eigenvalue weighted by molar-refractivity contribution is 1.24. The van der Waals surface area contributed by atoms with Gasteiger partial charge in [0.2, 0.25) is 0 Å². The molecule has 3 heteroatoms. The summed E-state index contributed by atoms with van der Waals surface area (Å²) in [4.78, 5) is 0. The van der Waals surface area contributed by atoms with Crippen LogP contribution < -0.4 is 0 Å². The van der Waals surface area contributed by atoms with Crippen LogP contribution in [0.3, 0.4) is 0 Å². The van der Waals surface area contributed by atoms with Crippen LogP contribution in [0, 0.1) is 21.8 Å². The van der Waals surface area contributed by atoms with E-state index in [1.165, 1.54) is 5.56 Å². The normalized spacial score (nSPS) is 9.50. The highest BCUT2D eigenvalue weighted by atomic mass is 127. The second-order valence-electron chi connectivity index (χ2n) is 2.53. The molecule has 12 heavy (non-hydrogen) atoms. The van der Waals surface area contributed by atoms with Gasteiger partial charge in [-0.2, -0.15) is 5.26 Å². The van der Waals surface area contributed by atoms with E-state index >= 15 is 0 Å². The second-order valence-corrected chi connectivity index (χ2v) is 4.10. The zero-order valence-corrected chi connectivity index (χ0v) is 9.48. The van der Waals surface area contributed by atoms with Crippen molar-refractivity contribution in [2.75, 3.05) is 0 Å². The van der Waals surface area contributed by atoms with E-state index in [1.807, 2.05) is 19.1 Å². The maximum Gasteiger partial charge on any atom is 0.0670 e. The number of hydrogen-bond acceptors (Lipinski definition) is 1. The van der Waals surface area contributed by atoms with Gasteiger partial charge in [0.15, 0.2) is 0 Å². The van der Waals surface area contributed by atoms with Crippen LogP contribution in [0.25, 0.3) is 0 Å². The molecule has 0 radical (unpaired) electrons. The van der Waals surface area contributed by atoms with E-state index in [1.54, 1.807) is 0 Å². The fourth-order valence-corrected chi connectivity index (χ4v) is 1.82. The highest BCUT2D eigenvalue weighted by Gasteiger charge is 2.02. The van der Waals surface area contributed by atoms with Crippen molar-refractivity contribution in [3.8, 4) is 6.07 Å². The van der Waals surface area contributed by atoms with Gasteiger partial charge in [0.25, 0.3) is 0 Å². The fraction of sp³-hybridized carbons (Fsp3) is 0.222. The van der Waals surface area contributed by atoms with Gasteiger partial charge in [0.1, 0.15) is 0 Å². The molecule has 62 valence electrons.